The fourth-order valence-corrected chi connectivity index (χ4v) is 4.11. The molecular weight excluding hydrogens is 408 g/mol. The Balaban J connectivity index is 1.78. The van der Waals surface area contributed by atoms with Crippen molar-refractivity contribution in [2.75, 3.05) is 16.8 Å². The summed E-state index contributed by atoms with van der Waals surface area (Å²) in [5.41, 5.74) is 1.55. The highest BCUT2D eigenvalue weighted by molar-refractivity contribution is 7.11. The molecule has 0 radical (unpaired) electrons. The molecule has 2 heterocycles. The predicted octanol–water partition coefficient (Wildman–Crippen LogP) is 5.20. The predicted molar refractivity (Wildman–Crippen MR) is 116 cm³/mol. The van der Waals surface area contributed by atoms with Gasteiger partial charge >= 0.3 is 0 Å². The molecule has 29 heavy (non-hydrogen) atoms. The van der Waals surface area contributed by atoms with Crippen molar-refractivity contribution in [3.63, 3.8) is 0 Å². The molecule has 7 heteroatoms. The van der Waals surface area contributed by atoms with Gasteiger partial charge in [-0.1, -0.05) is 35.9 Å². The Morgan fingerprint density at radius 2 is 1.86 bits per heavy atom. The molecule has 146 valence electrons. The van der Waals surface area contributed by atoms with Crippen LogP contribution in [0.2, 0.25) is 5.02 Å². The maximum atomic E-state index is 13.3. The first-order chi connectivity index (χ1) is 14.1. The van der Waals surface area contributed by atoms with Gasteiger partial charge in [-0.15, -0.1) is 11.3 Å². The molecule has 1 aliphatic heterocycles. The molecule has 0 atom stereocenters. The summed E-state index contributed by atoms with van der Waals surface area (Å²) in [4.78, 5) is 28.4. The van der Waals surface area contributed by atoms with Gasteiger partial charge in [0.25, 0.3) is 11.8 Å². The fraction of sp³-hybridized carbons (Fsp3) is 0.0909. The van der Waals surface area contributed by atoms with Gasteiger partial charge in [0.1, 0.15) is 11.4 Å². The molecule has 0 saturated heterocycles. The fourth-order valence-electron chi connectivity index (χ4n) is 3.12. The van der Waals surface area contributed by atoms with E-state index >= 15 is 0 Å². The number of imide groups is 1. The van der Waals surface area contributed by atoms with E-state index in [1.807, 2.05) is 42.6 Å². The van der Waals surface area contributed by atoms with Gasteiger partial charge in [-0.05, 0) is 42.6 Å². The molecule has 1 aromatic heterocycles. The number of rotatable bonds is 6. The van der Waals surface area contributed by atoms with Gasteiger partial charge in [-0.25, -0.2) is 4.90 Å². The molecule has 0 fully saturated rings. The quantitative estimate of drug-likeness (QED) is 0.553. The molecule has 0 aliphatic carbocycles. The van der Waals surface area contributed by atoms with Crippen LogP contribution in [0.15, 0.2) is 71.7 Å². The Morgan fingerprint density at radius 1 is 1.03 bits per heavy atom. The summed E-state index contributed by atoms with van der Waals surface area (Å²) in [7, 11) is 0. The average Bonchev–Trinajstić information content (AvgIpc) is 3.31. The van der Waals surface area contributed by atoms with E-state index in [9.17, 15) is 9.59 Å². The molecule has 4 rings (SSSR count). The van der Waals surface area contributed by atoms with Crippen LogP contribution >= 0.6 is 22.9 Å². The Bertz CT molecular complexity index is 1110. The van der Waals surface area contributed by atoms with Crippen LogP contribution in [0.1, 0.15) is 11.8 Å². The maximum absolute atomic E-state index is 13.3. The third kappa shape index (κ3) is 3.64. The van der Waals surface area contributed by atoms with Gasteiger partial charge in [-0.2, -0.15) is 0 Å². The lowest BCUT2D eigenvalue weighted by Crippen LogP contribution is -2.32. The topological polar surface area (TPSA) is 58.6 Å². The Hall–Kier alpha value is -3.09. The number of benzene rings is 2. The van der Waals surface area contributed by atoms with Gasteiger partial charge in [0.2, 0.25) is 0 Å². The second kappa shape index (κ2) is 8.11. The number of carbonyl (C=O) groups is 2. The van der Waals surface area contributed by atoms with E-state index in [2.05, 4.69) is 5.32 Å². The standard InChI is InChI=1S/C22H17ClN2O3S/c1-2-28-15-8-5-7-14(13-15)24-20-19(18-11-6-12-29-18)21(26)25(22(20)27)17-10-4-3-9-16(17)23/h3-13,24H,2H2,1H3. The molecule has 3 aromatic rings. The number of carbonyl (C=O) groups excluding carboxylic acids is 2. The van der Waals surface area contributed by atoms with Crippen LogP contribution in [-0.4, -0.2) is 18.4 Å². The number of para-hydroxylation sites is 1. The van der Waals surface area contributed by atoms with Crippen LogP contribution in [-0.2, 0) is 9.59 Å². The number of ether oxygens (including phenoxy) is 1. The van der Waals surface area contributed by atoms with Crippen molar-refractivity contribution in [1.82, 2.24) is 0 Å². The normalized spacial score (nSPS) is 13.9. The van der Waals surface area contributed by atoms with Crippen molar-refractivity contribution in [2.24, 2.45) is 0 Å². The van der Waals surface area contributed by atoms with Crippen LogP contribution in [0.3, 0.4) is 0 Å². The van der Waals surface area contributed by atoms with Crippen molar-refractivity contribution >= 4 is 51.7 Å². The first-order valence-electron chi connectivity index (χ1n) is 9.01. The monoisotopic (exact) mass is 424 g/mol. The Kier molecular flexibility index (Phi) is 5.38. The average molecular weight is 425 g/mol. The van der Waals surface area contributed by atoms with Crippen LogP contribution in [0.5, 0.6) is 5.75 Å². The second-order valence-corrected chi connectivity index (χ2v) is 7.57. The van der Waals surface area contributed by atoms with Crippen molar-refractivity contribution in [3.8, 4) is 5.75 Å². The number of hydrogen-bond acceptors (Lipinski definition) is 5. The third-order valence-corrected chi connectivity index (χ3v) is 5.57. The zero-order valence-electron chi connectivity index (χ0n) is 15.5. The van der Waals surface area contributed by atoms with E-state index in [0.29, 0.717) is 39.2 Å². The van der Waals surface area contributed by atoms with Crippen molar-refractivity contribution in [3.05, 3.63) is 81.6 Å². The Labute approximate surface area is 177 Å². The molecule has 0 bridgehead atoms. The van der Waals surface area contributed by atoms with Gasteiger partial charge in [-0.3, -0.25) is 9.59 Å². The highest BCUT2D eigenvalue weighted by atomic mass is 35.5. The summed E-state index contributed by atoms with van der Waals surface area (Å²) in [6.07, 6.45) is 0. The molecule has 2 aromatic carbocycles. The van der Waals surface area contributed by atoms with E-state index in [0.717, 1.165) is 4.90 Å². The van der Waals surface area contributed by atoms with E-state index in [1.54, 1.807) is 30.3 Å². The largest absolute Gasteiger partial charge is 0.494 e. The number of nitrogens with one attached hydrogen (secondary N) is 1. The summed E-state index contributed by atoms with van der Waals surface area (Å²) in [5, 5.41) is 5.33. The smallest absolute Gasteiger partial charge is 0.282 e. The number of hydrogen-bond donors (Lipinski definition) is 1. The molecule has 2 amide bonds. The molecule has 0 saturated carbocycles. The minimum Gasteiger partial charge on any atom is -0.494 e. The van der Waals surface area contributed by atoms with E-state index in [1.165, 1.54) is 11.3 Å². The number of anilines is 2. The first kappa shape index (κ1) is 19.2. The number of amides is 2. The summed E-state index contributed by atoms with van der Waals surface area (Å²) in [5.74, 6) is -0.183. The summed E-state index contributed by atoms with van der Waals surface area (Å²) in [6, 6.07) is 17.7. The number of thiophene rings is 1. The number of nitrogens with zero attached hydrogens (tertiary/aromatic N) is 1. The summed E-state index contributed by atoms with van der Waals surface area (Å²) in [6.45, 7) is 2.43. The molecular formula is C22H17ClN2O3S. The molecule has 5 nitrogen and oxygen atoms in total. The minimum atomic E-state index is -0.451. The SMILES string of the molecule is CCOc1cccc(NC2=C(c3cccs3)C(=O)N(c3ccccc3Cl)C2=O)c1. The molecule has 1 N–H and O–H groups in total. The van der Waals surface area contributed by atoms with E-state index in [4.69, 9.17) is 16.3 Å². The number of halogens is 1. The summed E-state index contributed by atoms with van der Waals surface area (Å²) >= 11 is 7.67. The lowest BCUT2D eigenvalue weighted by molar-refractivity contribution is -0.120. The lowest BCUT2D eigenvalue weighted by Gasteiger charge is -2.16. The van der Waals surface area contributed by atoms with Crippen molar-refractivity contribution in [2.45, 2.75) is 6.92 Å². The third-order valence-electron chi connectivity index (χ3n) is 4.36. The van der Waals surface area contributed by atoms with Crippen molar-refractivity contribution in [1.29, 1.82) is 0 Å². The van der Waals surface area contributed by atoms with Crippen LogP contribution in [0.4, 0.5) is 11.4 Å². The van der Waals surface area contributed by atoms with Crippen molar-refractivity contribution < 1.29 is 14.3 Å². The summed E-state index contributed by atoms with van der Waals surface area (Å²) < 4.78 is 5.53. The zero-order chi connectivity index (χ0) is 20.4. The lowest BCUT2D eigenvalue weighted by atomic mass is 10.2. The van der Waals surface area contributed by atoms with Gasteiger partial charge in [0.15, 0.2) is 0 Å². The van der Waals surface area contributed by atoms with Crippen LogP contribution < -0.4 is 15.0 Å². The highest BCUT2D eigenvalue weighted by Crippen LogP contribution is 2.38. The molecule has 0 unspecified atom stereocenters. The minimum absolute atomic E-state index is 0.214. The van der Waals surface area contributed by atoms with Gasteiger partial charge < -0.3 is 10.1 Å². The van der Waals surface area contributed by atoms with E-state index in [-0.39, 0.29) is 5.70 Å². The molecule has 0 spiro atoms. The van der Waals surface area contributed by atoms with Crippen LogP contribution in [0.25, 0.3) is 5.57 Å². The van der Waals surface area contributed by atoms with Gasteiger partial charge in [0, 0.05) is 16.6 Å². The first-order valence-corrected chi connectivity index (χ1v) is 10.3. The van der Waals surface area contributed by atoms with E-state index < -0.39 is 11.8 Å². The van der Waals surface area contributed by atoms with Crippen LogP contribution in [0, 0.1) is 0 Å². The Morgan fingerprint density at radius 3 is 2.59 bits per heavy atom. The zero-order valence-corrected chi connectivity index (χ0v) is 17.1. The maximum Gasteiger partial charge on any atom is 0.282 e. The second-order valence-electron chi connectivity index (χ2n) is 6.21. The highest BCUT2D eigenvalue weighted by Gasteiger charge is 2.41. The van der Waals surface area contributed by atoms with Gasteiger partial charge in [0.05, 0.1) is 22.9 Å². The molecule has 1 aliphatic rings.